The highest BCUT2D eigenvalue weighted by atomic mass is 32.2. The first-order chi connectivity index (χ1) is 18.5. The van der Waals surface area contributed by atoms with Crippen LogP contribution in [0.5, 0.6) is 11.5 Å². The summed E-state index contributed by atoms with van der Waals surface area (Å²) in [6.45, 7) is 10.9. The van der Waals surface area contributed by atoms with E-state index in [-0.39, 0.29) is 16.7 Å². The van der Waals surface area contributed by atoms with Gasteiger partial charge >= 0.3 is 0 Å². The molecule has 3 N–H and O–H groups in total. The van der Waals surface area contributed by atoms with Crippen LogP contribution < -0.4 is 10.6 Å². The molecule has 0 fully saturated rings. The van der Waals surface area contributed by atoms with Gasteiger partial charge in [0.15, 0.2) is 11.5 Å². The molecule has 4 aromatic rings. The number of nitrogens with one attached hydrogen (secondary N) is 1. The minimum absolute atomic E-state index is 0.0351. The summed E-state index contributed by atoms with van der Waals surface area (Å²) >= 11 is 1.69. The van der Waals surface area contributed by atoms with Gasteiger partial charge in [0.1, 0.15) is 0 Å². The third-order valence-electron chi connectivity index (χ3n) is 6.74. The molecule has 0 aliphatic rings. The number of aromatic hydroxyl groups is 2. The molecule has 39 heavy (non-hydrogen) atoms. The molecule has 1 unspecified atom stereocenters. The summed E-state index contributed by atoms with van der Waals surface area (Å²) in [5, 5.41) is 24.6. The lowest BCUT2D eigenvalue weighted by atomic mass is 9.87. The number of carbonyl (C=O) groups is 1. The maximum atomic E-state index is 13.2. The Morgan fingerprint density at radius 2 is 1.54 bits per heavy atom. The maximum Gasteiger partial charge on any atom is 0.259 e. The average molecular weight is 558 g/mol. The van der Waals surface area contributed by atoms with Gasteiger partial charge in [0.2, 0.25) is 0 Å². The van der Waals surface area contributed by atoms with Crippen LogP contribution in [-0.4, -0.2) is 16.1 Å². The molecule has 0 aromatic heterocycles. The van der Waals surface area contributed by atoms with Crippen LogP contribution in [0.1, 0.15) is 73.1 Å². The zero-order valence-corrected chi connectivity index (χ0v) is 25.0. The van der Waals surface area contributed by atoms with Crippen molar-refractivity contribution in [2.45, 2.75) is 62.2 Å². The van der Waals surface area contributed by atoms with E-state index in [1.165, 1.54) is 16.0 Å². The van der Waals surface area contributed by atoms with Gasteiger partial charge in [-0.15, -0.1) is 9.24 Å². The van der Waals surface area contributed by atoms with E-state index in [0.717, 1.165) is 16.0 Å². The smallest absolute Gasteiger partial charge is 0.259 e. The van der Waals surface area contributed by atoms with Crippen molar-refractivity contribution >= 4 is 37.9 Å². The van der Waals surface area contributed by atoms with E-state index >= 15 is 0 Å². The molecule has 0 aliphatic carbocycles. The quantitative estimate of drug-likeness (QED) is 0.159. The molecule has 0 radical (unpaired) electrons. The Kier molecular flexibility index (Phi) is 8.73. The first-order valence-electron chi connectivity index (χ1n) is 13.1. The van der Waals surface area contributed by atoms with Gasteiger partial charge < -0.3 is 15.5 Å². The van der Waals surface area contributed by atoms with E-state index in [0.29, 0.717) is 23.3 Å². The van der Waals surface area contributed by atoms with Crippen molar-refractivity contribution in [3.63, 3.8) is 0 Å². The van der Waals surface area contributed by atoms with Crippen molar-refractivity contribution in [1.29, 1.82) is 0 Å². The second-order valence-electron chi connectivity index (χ2n) is 11.1. The number of benzene rings is 4. The molecule has 0 saturated heterocycles. The second kappa shape index (κ2) is 11.9. The van der Waals surface area contributed by atoms with Crippen LogP contribution in [-0.2, 0) is 11.8 Å². The van der Waals surface area contributed by atoms with E-state index in [1.54, 1.807) is 17.8 Å². The summed E-state index contributed by atoms with van der Waals surface area (Å²) < 4.78 is 0. The number of hydrogen-bond acceptors (Lipinski definition) is 4. The summed E-state index contributed by atoms with van der Waals surface area (Å²) in [5.41, 5.74) is 5.05. The van der Waals surface area contributed by atoms with Crippen molar-refractivity contribution in [2.24, 2.45) is 0 Å². The highest BCUT2D eigenvalue weighted by molar-refractivity contribution is 7.99. The van der Waals surface area contributed by atoms with E-state index < -0.39 is 11.7 Å². The number of hydrogen-bond donors (Lipinski definition) is 3. The van der Waals surface area contributed by atoms with Gasteiger partial charge in [-0.25, -0.2) is 0 Å². The van der Waals surface area contributed by atoms with E-state index in [9.17, 15) is 15.0 Å². The average Bonchev–Trinajstić information content (AvgIpc) is 2.90. The molecule has 202 valence electrons. The molecule has 0 heterocycles. The molecule has 0 aliphatic heterocycles. The summed E-state index contributed by atoms with van der Waals surface area (Å²) in [6, 6.07) is 25.9. The predicted octanol–water partition coefficient (Wildman–Crippen LogP) is 8.01. The minimum Gasteiger partial charge on any atom is -0.504 e. The molecule has 0 bridgehead atoms. The fourth-order valence-electron chi connectivity index (χ4n) is 4.62. The lowest BCUT2D eigenvalue weighted by Crippen LogP contribution is -2.15. The van der Waals surface area contributed by atoms with Crippen molar-refractivity contribution in [1.82, 2.24) is 0 Å². The lowest BCUT2D eigenvalue weighted by Gasteiger charge is -2.22. The Morgan fingerprint density at radius 3 is 2.21 bits per heavy atom. The summed E-state index contributed by atoms with van der Waals surface area (Å²) in [6.07, 6.45) is 0.531. The van der Waals surface area contributed by atoms with Crippen LogP contribution in [0.3, 0.4) is 0 Å². The Labute approximate surface area is 238 Å². The van der Waals surface area contributed by atoms with E-state index in [2.05, 4.69) is 79.5 Å². The van der Waals surface area contributed by atoms with Crippen LogP contribution in [0, 0.1) is 0 Å². The van der Waals surface area contributed by atoms with Crippen LogP contribution in [0.4, 0.5) is 5.69 Å². The molecule has 0 spiro atoms. The van der Waals surface area contributed by atoms with Crippen LogP contribution >= 0.6 is 21.0 Å². The SMILES string of the molecule is CC(C)c1ccccc1Cc1cc(C(=O)Nc2ccc(Sc3ccccc3C(C)(C)C)cc2)c(O)c(O)c1P. The van der Waals surface area contributed by atoms with Gasteiger partial charge in [-0.3, -0.25) is 4.79 Å². The molecule has 6 heteroatoms. The number of phenols is 2. The minimum atomic E-state index is -0.482. The summed E-state index contributed by atoms with van der Waals surface area (Å²) in [5.74, 6) is -0.867. The van der Waals surface area contributed by atoms with Crippen LogP contribution in [0.25, 0.3) is 0 Å². The van der Waals surface area contributed by atoms with Crippen molar-refractivity contribution in [2.75, 3.05) is 5.32 Å². The Morgan fingerprint density at radius 1 is 0.897 bits per heavy atom. The number of rotatable bonds is 7. The standard InChI is InChI=1S/C33H36NO3PS/c1-20(2)25-11-7-6-10-21(25)18-22-19-26(29(35)30(36)31(22)38)32(37)34-23-14-16-24(17-15-23)39-28-13-9-8-12-27(28)33(3,4)5/h6-17,19-20,35-36H,18,38H2,1-5H3,(H,34,37). The highest BCUT2D eigenvalue weighted by Crippen LogP contribution is 2.37. The summed E-state index contributed by atoms with van der Waals surface area (Å²) in [7, 11) is 2.49. The molecule has 4 aromatic carbocycles. The van der Waals surface area contributed by atoms with Gasteiger partial charge in [0, 0.05) is 20.8 Å². The molecule has 1 amide bonds. The first-order valence-corrected chi connectivity index (χ1v) is 14.4. The number of carbonyl (C=O) groups excluding carboxylic acids is 1. The van der Waals surface area contributed by atoms with Gasteiger partial charge in [0.05, 0.1) is 5.56 Å². The van der Waals surface area contributed by atoms with Crippen LogP contribution in [0.15, 0.2) is 88.7 Å². The molecule has 4 rings (SSSR count). The van der Waals surface area contributed by atoms with Gasteiger partial charge in [-0.1, -0.05) is 88.8 Å². The fourth-order valence-corrected chi connectivity index (χ4v) is 6.10. The first kappa shape index (κ1) is 28.7. The third-order valence-corrected chi connectivity index (χ3v) is 8.46. The Bertz CT molecular complexity index is 1490. The molecular weight excluding hydrogens is 521 g/mol. The predicted molar refractivity (Wildman–Crippen MR) is 166 cm³/mol. The zero-order chi connectivity index (χ0) is 28.3. The topological polar surface area (TPSA) is 69.6 Å². The largest absolute Gasteiger partial charge is 0.504 e. The number of anilines is 1. The van der Waals surface area contributed by atoms with Gasteiger partial charge in [0.25, 0.3) is 5.91 Å². The second-order valence-corrected chi connectivity index (χ2v) is 12.7. The summed E-state index contributed by atoms with van der Waals surface area (Å²) in [4.78, 5) is 15.5. The van der Waals surface area contributed by atoms with Crippen molar-refractivity contribution in [3.05, 3.63) is 107 Å². The normalized spacial score (nSPS) is 11.6. The van der Waals surface area contributed by atoms with E-state index in [1.807, 2.05) is 42.5 Å². The number of amides is 1. The van der Waals surface area contributed by atoms with Gasteiger partial charge in [-0.05, 0) is 76.4 Å². The Balaban J connectivity index is 1.55. The monoisotopic (exact) mass is 557 g/mol. The molecule has 0 saturated carbocycles. The molecular formula is C33H36NO3PS. The zero-order valence-electron chi connectivity index (χ0n) is 23.1. The Hall–Kier alpha value is -3.27. The molecule has 1 atom stereocenters. The van der Waals surface area contributed by atoms with Gasteiger partial charge in [-0.2, -0.15) is 0 Å². The van der Waals surface area contributed by atoms with Crippen molar-refractivity contribution in [3.8, 4) is 11.5 Å². The fraction of sp³-hybridized carbons (Fsp3) is 0.242. The number of phenolic OH excluding ortho intramolecular Hbond substituents is 2. The lowest BCUT2D eigenvalue weighted by molar-refractivity contribution is 0.102. The van der Waals surface area contributed by atoms with E-state index in [4.69, 9.17) is 0 Å². The third kappa shape index (κ3) is 6.66. The highest BCUT2D eigenvalue weighted by Gasteiger charge is 2.21. The van der Waals surface area contributed by atoms with Crippen LogP contribution in [0.2, 0.25) is 0 Å². The van der Waals surface area contributed by atoms with Crippen molar-refractivity contribution < 1.29 is 15.0 Å². The maximum absolute atomic E-state index is 13.2. The molecule has 4 nitrogen and oxygen atoms in total.